The number of hydrogen-bond acceptors (Lipinski definition) is 4. The number of benzene rings is 2. The molecule has 0 fully saturated rings. The molecule has 0 atom stereocenters. The van der Waals surface area contributed by atoms with Gasteiger partial charge in [-0.3, -0.25) is 14.9 Å². The maximum absolute atomic E-state index is 11.2. The van der Waals surface area contributed by atoms with Crippen molar-refractivity contribution >= 4 is 17.7 Å². The van der Waals surface area contributed by atoms with Crippen molar-refractivity contribution in [3.63, 3.8) is 0 Å². The summed E-state index contributed by atoms with van der Waals surface area (Å²) in [6.45, 7) is 2.56. The summed E-state index contributed by atoms with van der Waals surface area (Å²) in [5.41, 5.74) is 2.95. The lowest BCUT2D eigenvalue weighted by Gasteiger charge is -2.19. The average molecular weight is 284 g/mol. The van der Waals surface area contributed by atoms with E-state index < -0.39 is 4.92 Å². The summed E-state index contributed by atoms with van der Waals surface area (Å²) in [7, 11) is 1.80. The van der Waals surface area contributed by atoms with Crippen molar-refractivity contribution in [2.24, 2.45) is 0 Å². The monoisotopic (exact) mass is 284 g/mol. The first kappa shape index (κ1) is 14.7. The molecule has 0 aliphatic heterocycles. The zero-order valence-corrected chi connectivity index (χ0v) is 11.9. The molecule has 0 amide bonds. The number of carbonyl (C=O) groups is 1. The molecule has 0 radical (unpaired) electrons. The number of anilines is 1. The highest BCUT2D eigenvalue weighted by molar-refractivity contribution is 5.79. The second-order valence-electron chi connectivity index (χ2n) is 4.97. The van der Waals surface area contributed by atoms with Gasteiger partial charge in [0.2, 0.25) is 0 Å². The Morgan fingerprint density at radius 1 is 1.24 bits per heavy atom. The van der Waals surface area contributed by atoms with Gasteiger partial charge in [0, 0.05) is 25.2 Å². The summed E-state index contributed by atoms with van der Waals surface area (Å²) < 4.78 is 0. The van der Waals surface area contributed by atoms with Crippen LogP contribution >= 0.6 is 0 Å². The summed E-state index contributed by atoms with van der Waals surface area (Å²) in [5.74, 6) is 0. The molecule has 0 saturated carbocycles. The normalized spacial score (nSPS) is 10.2. The van der Waals surface area contributed by atoms with E-state index in [1.54, 1.807) is 19.2 Å². The molecule has 0 aliphatic rings. The predicted octanol–water partition coefficient (Wildman–Crippen LogP) is 3.35. The van der Waals surface area contributed by atoms with Gasteiger partial charge in [-0.15, -0.1) is 0 Å². The molecule has 2 rings (SSSR count). The number of aldehydes is 1. The van der Waals surface area contributed by atoms with Crippen LogP contribution in [0.1, 0.15) is 21.5 Å². The SMILES string of the molecule is Cc1cccc(CN(C)c2ccc(C=O)cc2[N+](=O)[O-])c1. The van der Waals surface area contributed by atoms with Crippen LogP contribution in [0.2, 0.25) is 0 Å². The molecular weight excluding hydrogens is 268 g/mol. The van der Waals surface area contributed by atoms with Crippen molar-refractivity contribution < 1.29 is 9.72 Å². The molecule has 0 aromatic heterocycles. The van der Waals surface area contributed by atoms with Gasteiger partial charge in [0.15, 0.2) is 0 Å². The van der Waals surface area contributed by atoms with Crippen molar-refractivity contribution in [1.82, 2.24) is 0 Å². The van der Waals surface area contributed by atoms with Crippen LogP contribution in [0.4, 0.5) is 11.4 Å². The summed E-state index contributed by atoms with van der Waals surface area (Å²) in [6, 6.07) is 12.5. The van der Waals surface area contributed by atoms with Crippen molar-refractivity contribution in [3.05, 3.63) is 69.3 Å². The fourth-order valence-electron chi connectivity index (χ4n) is 2.25. The lowest BCUT2D eigenvalue weighted by molar-refractivity contribution is -0.384. The van der Waals surface area contributed by atoms with Gasteiger partial charge in [-0.2, -0.15) is 0 Å². The molecule has 0 N–H and O–H groups in total. The topological polar surface area (TPSA) is 63.5 Å². The Balaban J connectivity index is 2.32. The van der Waals surface area contributed by atoms with E-state index in [0.717, 1.165) is 11.1 Å². The Labute approximate surface area is 123 Å². The number of nitro benzene ring substituents is 1. The molecule has 5 nitrogen and oxygen atoms in total. The standard InChI is InChI=1S/C16H16N2O3/c1-12-4-3-5-13(8-12)10-17(2)15-7-6-14(11-19)9-16(15)18(20)21/h3-9,11H,10H2,1-2H3. The second kappa shape index (κ2) is 6.17. The van der Waals surface area contributed by atoms with Crippen LogP contribution in [-0.4, -0.2) is 18.3 Å². The van der Waals surface area contributed by atoms with E-state index in [9.17, 15) is 14.9 Å². The minimum absolute atomic E-state index is 0.0604. The highest BCUT2D eigenvalue weighted by Crippen LogP contribution is 2.29. The van der Waals surface area contributed by atoms with E-state index in [-0.39, 0.29) is 5.69 Å². The lowest BCUT2D eigenvalue weighted by atomic mass is 10.1. The molecule has 2 aromatic carbocycles. The molecule has 0 saturated heterocycles. The number of carbonyl (C=O) groups excluding carboxylic acids is 1. The van der Waals surface area contributed by atoms with Gasteiger partial charge in [-0.05, 0) is 24.6 Å². The van der Waals surface area contributed by atoms with Crippen molar-refractivity contribution in [3.8, 4) is 0 Å². The number of hydrogen-bond donors (Lipinski definition) is 0. The van der Waals surface area contributed by atoms with Crippen LogP contribution in [0, 0.1) is 17.0 Å². The van der Waals surface area contributed by atoms with Crippen LogP contribution in [0.3, 0.4) is 0 Å². The Hall–Kier alpha value is -2.69. The first-order chi connectivity index (χ1) is 10.0. The van der Waals surface area contributed by atoms with Gasteiger partial charge in [-0.25, -0.2) is 0 Å². The first-order valence-electron chi connectivity index (χ1n) is 6.51. The van der Waals surface area contributed by atoms with E-state index >= 15 is 0 Å². The molecule has 108 valence electrons. The van der Waals surface area contributed by atoms with Gasteiger partial charge in [-0.1, -0.05) is 29.8 Å². The third-order valence-corrected chi connectivity index (χ3v) is 3.25. The number of nitro groups is 1. The Morgan fingerprint density at radius 2 is 2.00 bits per heavy atom. The Morgan fingerprint density at radius 3 is 2.62 bits per heavy atom. The van der Waals surface area contributed by atoms with Crippen LogP contribution in [0.5, 0.6) is 0 Å². The molecule has 0 bridgehead atoms. The average Bonchev–Trinajstić information content (AvgIpc) is 2.46. The summed E-state index contributed by atoms with van der Waals surface area (Å²) >= 11 is 0. The molecule has 0 spiro atoms. The van der Waals surface area contributed by atoms with E-state index in [0.29, 0.717) is 24.1 Å². The van der Waals surface area contributed by atoms with Crippen LogP contribution < -0.4 is 4.90 Å². The van der Waals surface area contributed by atoms with E-state index in [1.165, 1.54) is 6.07 Å². The third kappa shape index (κ3) is 3.45. The summed E-state index contributed by atoms with van der Waals surface area (Å²) in [6.07, 6.45) is 0.608. The largest absolute Gasteiger partial charge is 0.365 e. The van der Waals surface area contributed by atoms with Gasteiger partial charge >= 0.3 is 0 Å². The maximum Gasteiger partial charge on any atom is 0.293 e. The number of aryl methyl sites for hydroxylation is 1. The second-order valence-corrected chi connectivity index (χ2v) is 4.97. The molecule has 0 aliphatic carbocycles. The summed E-state index contributed by atoms with van der Waals surface area (Å²) in [5, 5.41) is 11.2. The van der Waals surface area contributed by atoms with Crippen LogP contribution in [-0.2, 0) is 6.54 Å². The van der Waals surface area contributed by atoms with Crippen molar-refractivity contribution in [2.45, 2.75) is 13.5 Å². The van der Waals surface area contributed by atoms with Gasteiger partial charge in [0.25, 0.3) is 5.69 Å². The van der Waals surface area contributed by atoms with Gasteiger partial charge in [0.1, 0.15) is 12.0 Å². The minimum atomic E-state index is -0.463. The van der Waals surface area contributed by atoms with Crippen molar-refractivity contribution in [1.29, 1.82) is 0 Å². The molecule has 2 aromatic rings. The van der Waals surface area contributed by atoms with Crippen LogP contribution in [0.15, 0.2) is 42.5 Å². The van der Waals surface area contributed by atoms with Crippen molar-refractivity contribution in [2.75, 3.05) is 11.9 Å². The summed E-state index contributed by atoms with van der Waals surface area (Å²) in [4.78, 5) is 23.3. The van der Waals surface area contributed by atoms with E-state index in [1.807, 2.05) is 36.1 Å². The molecular formula is C16H16N2O3. The van der Waals surface area contributed by atoms with Gasteiger partial charge in [0.05, 0.1) is 4.92 Å². The highest BCUT2D eigenvalue weighted by atomic mass is 16.6. The molecule has 5 heteroatoms. The fourth-order valence-corrected chi connectivity index (χ4v) is 2.25. The molecule has 0 heterocycles. The fraction of sp³-hybridized carbons (Fsp3) is 0.188. The first-order valence-corrected chi connectivity index (χ1v) is 6.51. The third-order valence-electron chi connectivity index (χ3n) is 3.25. The lowest BCUT2D eigenvalue weighted by Crippen LogP contribution is -2.17. The zero-order chi connectivity index (χ0) is 15.4. The quantitative estimate of drug-likeness (QED) is 0.480. The smallest absolute Gasteiger partial charge is 0.293 e. The number of rotatable bonds is 5. The Bertz CT molecular complexity index is 683. The predicted molar refractivity (Wildman–Crippen MR) is 81.8 cm³/mol. The van der Waals surface area contributed by atoms with Gasteiger partial charge < -0.3 is 4.90 Å². The maximum atomic E-state index is 11.2. The van der Waals surface area contributed by atoms with E-state index in [2.05, 4.69) is 0 Å². The number of nitrogens with zero attached hydrogens (tertiary/aromatic N) is 2. The van der Waals surface area contributed by atoms with Crippen LogP contribution in [0.25, 0.3) is 0 Å². The molecule has 0 unspecified atom stereocenters. The zero-order valence-electron chi connectivity index (χ0n) is 11.9. The minimum Gasteiger partial charge on any atom is -0.365 e. The Kier molecular flexibility index (Phi) is 4.33. The highest BCUT2D eigenvalue weighted by Gasteiger charge is 2.18. The van der Waals surface area contributed by atoms with E-state index in [4.69, 9.17) is 0 Å². The molecule has 21 heavy (non-hydrogen) atoms.